The van der Waals surface area contributed by atoms with Crippen LogP contribution in [0.15, 0.2) is 52.4 Å². The van der Waals surface area contributed by atoms with Gasteiger partial charge in [-0.15, -0.1) is 11.3 Å². The minimum atomic E-state index is 0.519. The highest BCUT2D eigenvalue weighted by Gasteiger charge is 2.22. The quantitative estimate of drug-likeness (QED) is 0.384. The first-order chi connectivity index (χ1) is 13.0. The van der Waals surface area contributed by atoms with Crippen molar-refractivity contribution >= 4 is 45.4 Å². The third-order valence-electron chi connectivity index (χ3n) is 4.13. The fourth-order valence-electron chi connectivity index (χ4n) is 2.77. The van der Waals surface area contributed by atoms with E-state index in [1.54, 1.807) is 18.2 Å². The van der Waals surface area contributed by atoms with E-state index in [0.717, 1.165) is 22.1 Å². The summed E-state index contributed by atoms with van der Waals surface area (Å²) < 4.78 is 5.43. The fraction of sp³-hybridized carbons (Fsp3) is 0.100. The number of thiazole rings is 1. The maximum Gasteiger partial charge on any atom is 0.187 e. The lowest BCUT2D eigenvalue weighted by Gasteiger charge is -2.05. The van der Waals surface area contributed by atoms with E-state index in [2.05, 4.69) is 29.5 Å². The molecule has 0 saturated heterocycles. The fourth-order valence-corrected chi connectivity index (χ4v) is 4.07. The summed E-state index contributed by atoms with van der Waals surface area (Å²) in [4.78, 5) is 4.70. The van der Waals surface area contributed by atoms with Gasteiger partial charge in [0.1, 0.15) is 11.5 Å². The normalized spacial score (nSPS) is 11.0. The topological polar surface area (TPSA) is 51.0 Å². The number of aromatic nitrogens is 2. The lowest BCUT2D eigenvalue weighted by molar-refractivity contribution is 0.400. The Balaban J connectivity index is 1.72. The lowest BCUT2D eigenvalue weighted by atomic mass is 10.0. The molecule has 1 N–H and O–H groups in total. The zero-order valence-electron chi connectivity index (χ0n) is 14.6. The van der Waals surface area contributed by atoms with Crippen molar-refractivity contribution in [3.8, 4) is 22.5 Å². The zero-order chi connectivity index (χ0) is 19.0. The van der Waals surface area contributed by atoms with Gasteiger partial charge in [-0.25, -0.2) is 4.98 Å². The van der Waals surface area contributed by atoms with Gasteiger partial charge in [0, 0.05) is 16.6 Å². The molecule has 4 aromatic rings. The van der Waals surface area contributed by atoms with Crippen LogP contribution in [0.3, 0.4) is 0 Å². The van der Waals surface area contributed by atoms with E-state index in [4.69, 9.17) is 32.7 Å². The Morgan fingerprint density at radius 3 is 2.37 bits per heavy atom. The first kappa shape index (κ1) is 18.0. The van der Waals surface area contributed by atoms with Crippen molar-refractivity contribution in [1.29, 1.82) is 0 Å². The number of halogens is 2. The molecule has 136 valence electrons. The molecule has 0 amide bonds. The molecule has 4 rings (SSSR count). The molecule has 2 aromatic carbocycles. The van der Waals surface area contributed by atoms with E-state index < -0.39 is 0 Å². The Labute approximate surface area is 170 Å². The SMILES string of the molecule is Cc1ccc(Nc2nc(-c3c(-c4c(Cl)cccc4Cl)noc3C)cs2)cc1. The summed E-state index contributed by atoms with van der Waals surface area (Å²) in [6.07, 6.45) is 0. The Morgan fingerprint density at radius 1 is 0.963 bits per heavy atom. The second kappa shape index (κ2) is 7.35. The summed E-state index contributed by atoms with van der Waals surface area (Å²) in [6.45, 7) is 3.91. The first-order valence-electron chi connectivity index (χ1n) is 8.23. The van der Waals surface area contributed by atoms with Crippen LogP contribution in [0.1, 0.15) is 11.3 Å². The number of benzene rings is 2. The highest BCUT2D eigenvalue weighted by molar-refractivity contribution is 7.14. The number of nitrogens with one attached hydrogen (secondary N) is 1. The molecule has 2 aromatic heterocycles. The average molecular weight is 416 g/mol. The standard InChI is InChI=1S/C20H15Cl2N3OS/c1-11-6-8-13(9-7-11)23-20-24-16(10-27-20)17-12(2)26-25-19(17)18-14(21)4-3-5-15(18)22/h3-10H,1-2H3,(H,23,24). The largest absolute Gasteiger partial charge is 0.360 e. The van der Waals surface area contributed by atoms with Crippen LogP contribution in [-0.2, 0) is 0 Å². The predicted molar refractivity (Wildman–Crippen MR) is 112 cm³/mol. The minimum absolute atomic E-state index is 0.519. The smallest absolute Gasteiger partial charge is 0.187 e. The third-order valence-corrected chi connectivity index (χ3v) is 5.51. The number of anilines is 2. The monoisotopic (exact) mass is 415 g/mol. The molecule has 0 spiro atoms. The van der Waals surface area contributed by atoms with Crippen molar-refractivity contribution in [2.24, 2.45) is 0 Å². The molecular weight excluding hydrogens is 401 g/mol. The average Bonchev–Trinajstić information content (AvgIpc) is 3.23. The molecule has 0 aliphatic rings. The molecule has 7 heteroatoms. The molecule has 4 nitrogen and oxygen atoms in total. The van der Waals surface area contributed by atoms with E-state index >= 15 is 0 Å². The summed E-state index contributed by atoms with van der Waals surface area (Å²) in [7, 11) is 0. The molecule has 0 unspecified atom stereocenters. The second-order valence-electron chi connectivity index (χ2n) is 6.09. The molecular formula is C20H15Cl2N3OS. The van der Waals surface area contributed by atoms with Crippen LogP contribution in [0.5, 0.6) is 0 Å². The van der Waals surface area contributed by atoms with Gasteiger partial charge in [0.25, 0.3) is 0 Å². The molecule has 0 bridgehead atoms. The summed E-state index contributed by atoms with van der Waals surface area (Å²) in [5.74, 6) is 0.660. The number of hydrogen-bond acceptors (Lipinski definition) is 5. The van der Waals surface area contributed by atoms with Crippen molar-refractivity contribution in [2.45, 2.75) is 13.8 Å². The van der Waals surface area contributed by atoms with Gasteiger partial charge in [-0.2, -0.15) is 0 Å². The van der Waals surface area contributed by atoms with Gasteiger partial charge in [0.2, 0.25) is 0 Å². The van der Waals surface area contributed by atoms with Crippen LogP contribution in [0.2, 0.25) is 10.0 Å². The Hall–Kier alpha value is -2.34. The van der Waals surface area contributed by atoms with Crippen LogP contribution in [0.4, 0.5) is 10.8 Å². The summed E-state index contributed by atoms with van der Waals surface area (Å²) >= 11 is 14.2. The Kier molecular flexibility index (Phi) is 4.91. The molecule has 27 heavy (non-hydrogen) atoms. The molecule has 0 fully saturated rings. The van der Waals surface area contributed by atoms with Gasteiger partial charge in [-0.05, 0) is 38.1 Å². The number of hydrogen-bond donors (Lipinski definition) is 1. The van der Waals surface area contributed by atoms with Gasteiger partial charge >= 0.3 is 0 Å². The maximum atomic E-state index is 6.36. The first-order valence-corrected chi connectivity index (χ1v) is 9.86. The molecule has 0 aliphatic heterocycles. The van der Waals surface area contributed by atoms with E-state index in [9.17, 15) is 0 Å². The van der Waals surface area contributed by atoms with Crippen molar-refractivity contribution in [3.63, 3.8) is 0 Å². The maximum absolute atomic E-state index is 6.36. The highest BCUT2D eigenvalue weighted by atomic mass is 35.5. The molecule has 2 heterocycles. The second-order valence-corrected chi connectivity index (χ2v) is 7.76. The number of aryl methyl sites for hydroxylation is 2. The van der Waals surface area contributed by atoms with Crippen LogP contribution >= 0.6 is 34.5 Å². The molecule has 0 aliphatic carbocycles. The van der Waals surface area contributed by atoms with Gasteiger partial charge in [0.15, 0.2) is 5.13 Å². The van der Waals surface area contributed by atoms with E-state index in [1.807, 2.05) is 24.4 Å². The van der Waals surface area contributed by atoms with Crippen molar-refractivity contribution in [2.75, 3.05) is 5.32 Å². The van der Waals surface area contributed by atoms with Crippen LogP contribution in [0.25, 0.3) is 22.5 Å². The highest BCUT2D eigenvalue weighted by Crippen LogP contribution is 2.41. The van der Waals surface area contributed by atoms with E-state index in [-0.39, 0.29) is 0 Å². The van der Waals surface area contributed by atoms with Crippen LogP contribution < -0.4 is 5.32 Å². The lowest BCUT2D eigenvalue weighted by Crippen LogP contribution is -1.90. The van der Waals surface area contributed by atoms with Gasteiger partial charge in [0.05, 0.1) is 21.3 Å². The summed E-state index contributed by atoms with van der Waals surface area (Å²) in [6, 6.07) is 13.5. The molecule has 0 radical (unpaired) electrons. The van der Waals surface area contributed by atoms with Crippen LogP contribution in [0, 0.1) is 13.8 Å². The van der Waals surface area contributed by atoms with Gasteiger partial charge < -0.3 is 9.84 Å². The zero-order valence-corrected chi connectivity index (χ0v) is 16.9. The van der Waals surface area contributed by atoms with Crippen molar-refractivity contribution < 1.29 is 4.52 Å². The summed E-state index contributed by atoms with van der Waals surface area (Å²) in [5, 5.41) is 11.3. The predicted octanol–water partition coefficient (Wildman–Crippen LogP) is 7.13. The molecule has 0 atom stereocenters. The third kappa shape index (κ3) is 3.58. The summed E-state index contributed by atoms with van der Waals surface area (Å²) in [5.41, 5.74) is 4.99. The Bertz CT molecular complexity index is 1080. The van der Waals surface area contributed by atoms with Gasteiger partial charge in [-0.1, -0.05) is 52.1 Å². The molecule has 0 saturated carbocycles. The van der Waals surface area contributed by atoms with E-state index in [1.165, 1.54) is 16.9 Å². The van der Waals surface area contributed by atoms with E-state index in [0.29, 0.717) is 27.1 Å². The van der Waals surface area contributed by atoms with Crippen molar-refractivity contribution in [3.05, 3.63) is 69.2 Å². The minimum Gasteiger partial charge on any atom is -0.360 e. The number of nitrogens with zero attached hydrogens (tertiary/aromatic N) is 2. The van der Waals surface area contributed by atoms with Gasteiger partial charge in [-0.3, -0.25) is 0 Å². The Morgan fingerprint density at radius 2 is 1.67 bits per heavy atom. The van der Waals surface area contributed by atoms with Crippen LogP contribution in [-0.4, -0.2) is 10.1 Å². The van der Waals surface area contributed by atoms with Crippen molar-refractivity contribution in [1.82, 2.24) is 10.1 Å². The number of rotatable bonds is 4.